The van der Waals surface area contributed by atoms with Gasteiger partial charge < -0.3 is 9.88 Å². The lowest BCUT2D eigenvalue weighted by molar-refractivity contribution is 0.726. The van der Waals surface area contributed by atoms with Crippen LogP contribution in [-0.4, -0.2) is 26.3 Å². The zero-order valence-corrected chi connectivity index (χ0v) is 8.94. The van der Waals surface area contributed by atoms with E-state index in [1.54, 1.807) is 12.5 Å². The van der Waals surface area contributed by atoms with Crippen LogP contribution in [0, 0.1) is 3.95 Å². The fourth-order valence-corrected chi connectivity index (χ4v) is 1.83. The van der Waals surface area contributed by atoms with Crippen molar-refractivity contribution in [2.45, 2.75) is 6.54 Å². The molecule has 7 heteroatoms. The lowest BCUT2D eigenvalue weighted by atomic mass is 10.6. The number of aromatic nitrogens is 4. The monoisotopic (exact) mass is 227 g/mol. The Balaban J connectivity index is 1.81. The highest BCUT2D eigenvalue weighted by atomic mass is 32.1. The largest absolute Gasteiger partial charge is 0.358 e. The van der Waals surface area contributed by atoms with Gasteiger partial charge in [0.05, 0.1) is 6.33 Å². The number of nitrogens with one attached hydrogen (secondary N) is 2. The molecule has 5 nitrogen and oxygen atoms in total. The van der Waals surface area contributed by atoms with Crippen molar-refractivity contribution < 1.29 is 0 Å². The van der Waals surface area contributed by atoms with Gasteiger partial charge in [0.1, 0.15) is 0 Å². The molecule has 2 N–H and O–H groups in total. The van der Waals surface area contributed by atoms with Gasteiger partial charge in [0.15, 0.2) is 3.95 Å². The Morgan fingerprint density at radius 3 is 3.21 bits per heavy atom. The third-order valence-corrected chi connectivity index (χ3v) is 2.69. The number of nitrogens with zero attached hydrogens (tertiary/aromatic N) is 3. The van der Waals surface area contributed by atoms with Gasteiger partial charge in [-0.25, -0.2) is 4.98 Å². The molecular weight excluding hydrogens is 218 g/mol. The van der Waals surface area contributed by atoms with Crippen LogP contribution >= 0.6 is 23.6 Å². The van der Waals surface area contributed by atoms with E-state index in [1.165, 1.54) is 11.3 Å². The van der Waals surface area contributed by atoms with Crippen LogP contribution in [0.3, 0.4) is 0 Å². The second kappa shape index (κ2) is 4.34. The van der Waals surface area contributed by atoms with E-state index in [9.17, 15) is 0 Å². The summed E-state index contributed by atoms with van der Waals surface area (Å²) in [6, 6.07) is 0. The van der Waals surface area contributed by atoms with Crippen LogP contribution in [0.25, 0.3) is 0 Å². The van der Waals surface area contributed by atoms with E-state index in [-0.39, 0.29) is 0 Å². The first kappa shape index (κ1) is 9.35. The summed E-state index contributed by atoms with van der Waals surface area (Å²) in [4.78, 5) is 3.95. The fraction of sp³-hybridized carbons (Fsp3) is 0.286. The number of anilines is 1. The topological polar surface area (TPSA) is 58.5 Å². The minimum atomic E-state index is 0.690. The van der Waals surface area contributed by atoms with Crippen LogP contribution < -0.4 is 5.32 Å². The molecule has 0 aliphatic heterocycles. The molecule has 0 aliphatic carbocycles. The van der Waals surface area contributed by atoms with Gasteiger partial charge in [-0.1, -0.05) is 11.3 Å². The van der Waals surface area contributed by atoms with Crippen molar-refractivity contribution in [3.05, 3.63) is 22.7 Å². The van der Waals surface area contributed by atoms with Gasteiger partial charge in [0.2, 0.25) is 5.13 Å². The quantitative estimate of drug-likeness (QED) is 0.777. The standard InChI is InChI=1S/C7H9N5S2/c13-7-11-10-6(14-7)9-2-4-12-3-1-8-5-12/h1,3,5H,2,4H2,(H,9,10)(H,11,13). The summed E-state index contributed by atoms with van der Waals surface area (Å²) in [5, 5.41) is 10.7. The second-order valence-corrected chi connectivity index (χ2v) is 4.31. The average molecular weight is 227 g/mol. The van der Waals surface area contributed by atoms with Crippen molar-refractivity contribution in [2.75, 3.05) is 11.9 Å². The summed E-state index contributed by atoms with van der Waals surface area (Å²) in [6.45, 7) is 1.68. The zero-order chi connectivity index (χ0) is 9.80. The molecule has 2 heterocycles. The van der Waals surface area contributed by atoms with E-state index in [2.05, 4.69) is 20.5 Å². The van der Waals surface area contributed by atoms with Crippen molar-refractivity contribution in [3.8, 4) is 0 Å². The van der Waals surface area contributed by atoms with Gasteiger partial charge in [0, 0.05) is 25.5 Å². The van der Waals surface area contributed by atoms with Crippen LogP contribution in [0.4, 0.5) is 5.13 Å². The molecular formula is C7H9N5S2. The Bertz CT molecular complexity index is 429. The highest BCUT2D eigenvalue weighted by Gasteiger charge is 1.95. The molecule has 0 aromatic carbocycles. The number of aromatic amines is 1. The van der Waals surface area contributed by atoms with E-state index in [0.29, 0.717) is 3.95 Å². The highest BCUT2D eigenvalue weighted by Crippen LogP contribution is 2.09. The predicted molar refractivity (Wildman–Crippen MR) is 58.0 cm³/mol. The number of hydrogen-bond donors (Lipinski definition) is 2. The molecule has 74 valence electrons. The number of rotatable bonds is 4. The normalized spacial score (nSPS) is 10.3. The molecule has 0 saturated heterocycles. The van der Waals surface area contributed by atoms with E-state index in [1.807, 2.05) is 10.8 Å². The van der Waals surface area contributed by atoms with E-state index in [0.717, 1.165) is 18.2 Å². The first-order valence-electron chi connectivity index (χ1n) is 4.10. The first-order valence-corrected chi connectivity index (χ1v) is 5.32. The predicted octanol–water partition coefficient (Wildman–Crippen LogP) is 1.51. The summed E-state index contributed by atoms with van der Waals surface area (Å²) in [7, 11) is 0. The van der Waals surface area contributed by atoms with Gasteiger partial charge in [-0.15, -0.1) is 5.10 Å². The summed E-state index contributed by atoms with van der Waals surface area (Å²) >= 11 is 6.35. The minimum absolute atomic E-state index is 0.690. The van der Waals surface area contributed by atoms with Crippen molar-refractivity contribution in [1.29, 1.82) is 0 Å². The summed E-state index contributed by atoms with van der Waals surface area (Å²) in [5.41, 5.74) is 0. The highest BCUT2D eigenvalue weighted by molar-refractivity contribution is 7.73. The Labute approximate surface area is 89.8 Å². The lowest BCUT2D eigenvalue weighted by Crippen LogP contribution is -2.08. The molecule has 0 bridgehead atoms. The Kier molecular flexibility index (Phi) is 2.90. The van der Waals surface area contributed by atoms with Gasteiger partial charge in [-0.05, 0) is 12.2 Å². The SMILES string of the molecule is S=c1[nH]nc(NCCn2ccnc2)s1. The molecule has 0 fully saturated rings. The summed E-state index contributed by atoms with van der Waals surface area (Å²) in [5.74, 6) is 0. The van der Waals surface area contributed by atoms with Gasteiger partial charge in [0.25, 0.3) is 0 Å². The second-order valence-electron chi connectivity index (χ2n) is 2.65. The molecule has 0 spiro atoms. The molecule has 0 unspecified atom stereocenters. The minimum Gasteiger partial charge on any atom is -0.358 e. The Morgan fingerprint density at radius 1 is 1.64 bits per heavy atom. The molecule has 0 saturated carbocycles. The lowest BCUT2D eigenvalue weighted by Gasteiger charge is -2.01. The Morgan fingerprint density at radius 2 is 2.57 bits per heavy atom. The summed E-state index contributed by atoms with van der Waals surface area (Å²) in [6.07, 6.45) is 5.47. The zero-order valence-electron chi connectivity index (χ0n) is 7.30. The molecule has 2 aromatic heterocycles. The van der Waals surface area contributed by atoms with Crippen LogP contribution in [0.2, 0.25) is 0 Å². The van der Waals surface area contributed by atoms with Gasteiger partial charge >= 0.3 is 0 Å². The van der Waals surface area contributed by atoms with Crippen LogP contribution in [0.1, 0.15) is 0 Å². The third-order valence-electron chi connectivity index (χ3n) is 1.64. The molecule has 0 radical (unpaired) electrons. The molecule has 0 atom stereocenters. The van der Waals surface area contributed by atoms with E-state index >= 15 is 0 Å². The van der Waals surface area contributed by atoms with E-state index in [4.69, 9.17) is 12.2 Å². The summed E-state index contributed by atoms with van der Waals surface area (Å²) < 4.78 is 2.69. The first-order chi connectivity index (χ1) is 6.84. The molecule has 2 rings (SSSR count). The van der Waals surface area contributed by atoms with Gasteiger partial charge in [-0.2, -0.15) is 0 Å². The van der Waals surface area contributed by atoms with Crippen molar-refractivity contribution >= 4 is 28.7 Å². The number of hydrogen-bond acceptors (Lipinski definition) is 5. The maximum Gasteiger partial charge on any atom is 0.204 e. The maximum absolute atomic E-state index is 4.91. The number of H-pyrrole nitrogens is 1. The average Bonchev–Trinajstić information content (AvgIpc) is 2.77. The van der Waals surface area contributed by atoms with Gasteiger partial charge in [-0.3, -0.25) is 5.10 Å². The van der Waals surface area contributed by atoms with Crippen LogP contribution in [0.5, 0.6) is 0 Å². The molecule has 0 amide bonds. The maximum atomic E-state index is 4.91. The van der Waals surface area contributed by atoms with Crippen LogP contribution in [0.15, 0.2) is 18.7 Å². The van der Waals surface area contributed by atoms with Crippen molar-refractivity contribution in [1.82, 2.24) is 19.7 Å². The Hall–Kier alpha value is -1.21. The molecule has 2 aromatic rings. The smallest absolute Gasteiger partial charge is 0.204 e. The van der Waals surface area contributed by atoms with Crippen molar-refractivity contribution in [3.63, 3.8) is 0 Å². The third kappa shape index (κ3) is 2.39. The fourth-order valence-electron chi connectivity index (χ4n) is 1.02. The molecule has 0 aliphatic rings. The van der Waals surface area contributed by atoms with E-state index < -0.39 is 0 Å². The van der Waals surface area contributed by atoms with Crippen LogP contribution in [-0.2, 0) is 6.54 Å². The molecule has 14 heavy (non-hydrogen) atoms. The number of imidazole rings is 1. The van der Waals surface area contributed by atoms with Crippen molar-refractivity contribution in [2.24, 2.45) is 0 Å².